The molecule has 1 amide bonds. The van der Waals surface area contributed by atoms with Crippen LogP contribution in [0.15, 0.2) is 16.7 Å². The molecule has 0 aliphatic rings. The lowest BCUT2D eigenvalue weighted by Crippen LogP contribution is -2.12. The average Bonchev–Trinajstić information content (AvgIpc) is 2.91. The fourth-order valence-corrected chi connectivity index (χ4v) is 2.38. The third-order valence-corrected chi connectivity index (χ3v) is 3.52. The Kier molecular flexibility index (Phi) is 4.04. The fourth-order valence-electron chi connectivity index (χ4n) is 1.05. The molecule has 0 unspecified atom stereocenters. The molecule has 17 heavy (non-hydrogen) atoms. The van der Waals surface area contributed by atoms with Crippen LogP contribution in [0.25, 0.3) is 0 Å². The summed E-state index contributed by atoms with van der Waals surface area (Å²) in [6, 6.07) is 0. The molecule has 0 saturated heterocycles. The second kappa shape index (κ2) is 5.73. The second-order valence-electron chi connectivity index (χ2n) is 3.07. The predicted molar refractivity (Wildman–Crippen MR) is 64.9 cm³/mol. The summed E-state index contributed by atoms with van der Waals surface area (Å²) in [5, 5.41) is 16.9. The molecule has 0 saturated carbocycles. The summed E-state index contributed by atoms with van der Waals surface area (Å²) in [6.07, 6.45) is 2.05. The fraction of sp³-hybridized carbons (Fsp3) is 0.375. The van der Waals surface area contributed by atoms with Gasteiger partial charge in [0.2, 0.25) is 11.1 Å². The van der Waals surface area contributed by atoms with E-state index in [1.54, 1.807) is 17.9 Å². The number of aromatic nitrogens is 5. The van der Waals surface area contributed by atoms with Gasteiger partial charge in [0, 0.05) is 30.8 Å². The molecule has 2 aromatic heterocycles. The van der Waals surface area contributed by atoms with Crippen molar-refractivity contribution in [3.8, 4) is 0 Å². The molecule has 90 valence electrons. The lowest BCUT2D eigenvalue weighted by atomic mass is 10.5. The quantitative estimate of drug-likeness (QED) is 0.808. The van der Waals surface area contributed by atoms with E-state index in [1.165, 1.54) is 23.1 Å². The Balaban J connectivity index is 1.72. The number of carbonyl (C=O) groups is 1. The van der Waals surface area contributed by atoms with Crippen LogP contribution in [0, 0.1) is 0 Å². The molecule has 2 aromatic rings. The van der Waals surface area contributed by atoms with Crippen molar-refractivity contribution in [3.05, 3.63) is 11.6 Å². The number of thiazole rings is 1. The zero-order valence-electron chi connectivity index (χ0n) is 9.03. The van der Waals surface area contributed by atoms with E-state index >= 15 is 0 Å². The minimum Gasteiger partial charge on any atom is -0.302 e. The topological polar surface area (TPSA) is 85.6 Å². The van der Waals surface area contributed by atoms with Crippen molar-refractivity contribution < 1.29 is 4.79 Å². The highest BCUT2D eigenvalue weighted by Gasteiger charge is 2.07. The van der Waals surface area contributed by atoms with Crippen molar-refractivity contribution >= 4 is 34.1 Å². The van der Waals surface area contributed by atoms with Crippen LogP contribution in [-0.4, -0.2) is 36.9 Å². The number of aryl methyl sites for hydroxylation is 1. The van der Waals surface area contributed by atoms with Gasteiger partial charge in [-0.1, -0.05) is 11.8 Å². The van der Waals surface area contributed by atoms with Gasteiger partial charge < -0.3 is 5.32 Å². The van der Waals surface area contributed by atoms with Crippen LogP contribution in [0.2, 0.25) is 0 Å². The SMILES string of the molecule is Cn1nnnc1SCCC(=O)Nc1nccs1. The molecule has 0 aliphatic heterocycles. The number of anilines is 1. The molecular weight excluding hydrogens is 260 g/mol. The number of rotatable bonds is 5. The number of hydrogen-bond donors (Lipinski definition) is 1. The summed E-state index contributed by atoms with van der Waals surface area (Å²) < 4.78 is 1.57. The molecule has 0 fully saturated rings. The van der Waals surface area contributed by atoms with Crippen LogP contribution in [0.4, 0.5) is 5.13 Å². The molecule has 9 heteroatoms. The summed E-state index contributed by atoms with van der Waals surface area (Å²) in [4.78, 5) is 15.5. The van der Waals surface area contributed by atoms with Gasteiger partial charge in [-0.25, -0.2) is 9.67 Å². The van der Waals surface area contributed by atoms with Crippen molar-refractivity contribution in [3.63, 3.8) is 0 Å². The Morgan fingerprint density at radius 1 is 1.65 bits per heavy atom. The Labute approximate surface area is 106 Å². The van der Waals surface area contributed by atoms with Gasteiger partial charge in [0.15, 0.2) is 5.13 Å². The van der Waals surface area contributed by atoms with Crippen LogP contribution in [0.1, 0.15) is 6.42 Å². The van der Waals surface area contributed by atoms with Crippen LogP contribution in [0.5, 0.6) is 0 Å². The van der Waals surface area contributed by atoms with Gasteiger partial charge in [0.1, 0.15) is 0 Å². The largest absolute Gasteiger partial charge is 0.302 e. The Bertz CT molecular complexity index is 482. The van der Waals surface area contributed by atoms with E-state index < -0.39 is 0 Å². The normalized spacial score (nSPS) is 10.4. The Morgan fingerprint density at radius 3 is 3.18 bits per heavy atom. The highest BCUT2D eigenvalue weighted by molar-refractivity contribution is 7.99. The van der Waals surface area contributed by atoms with Crippen molar-refractivity contribution in [1.29, 1.82) is 0 Å². The van der Waals surface area contributed by atoms with Crippen LogP contribution >= 0.6 is 23.1 Å². The maximum absolute atomic E-state index is 11.5. The van der Waals surface area contributed by atoms with Gasteiger partial charge >= 0.3 is 0 Å². The first-order chi connectivity index (χ1) is 8.25. The van der Waals surface area contributed by atoms with E-state index in [0.29, 0.717) is 22.5 Å². The zero-order chi connectivity index (χ0) is 12.1. The third kappa shape index (κ3) is 3.49. The molecule has 1 N–H and O–H groups in total. The maximum atomic E-state index is 11.5. The molecule has 7 nitrogen and oxygen atoms in total. The monoisotopic (exact) mass is 270 g/mol. The number of carbonyl (C=O) groups excluding carboxylic acids is 1. The summed E-state index contributed by atoms with van der Waals surface area (Å²) in [5.41, 5.74) is 0. The van der Waals surface area contributed by atoms with Crippen LogP contribution in [-0.2, 0) is 11.8 Å². The molecule has 2 heterocycles. The first kappa shape index (κ1) is 12.0. The van der Waals surface area contributed by atoms with Gasteiger partial charge in [-0.15, -0.1) is 16.4 Å². The number of hydrogen-bond acceptors (Lipinski definition) is 7. The average molecular weight is 270 g/mol. The molecule has 0 aliphatic carbocycles. The van der Waals surface area contributed by atoms with Crippen molar-refractivity contribution in [2.24, 2.45) is 7.05 Å². The molecule has 0 bridgehead atoms. The summed E-state index contributed by atoms with van der Waals surface area (Å²) in [6.45, 7) is 0. The molecule has 2 rings (SSSR count). The van der Waals surface area contributed by atoms with Crippen LogP contribution in [0.3, 0.4) is 0 Å². The summed E-state index contributed by atoms with van der Waals surface area (Å²) in [7, 11) is 1.76. The zero-order valence-corrected chi connectivity index (χ0v) is 10.7. The molecular formula is C8H10N6OS2. The molecule has 0 radical (unpaired) electrons. The van der Waals surface area contributed by atoms with Crippen molar-refractivity contribution in [1.82, 2.24) is 25.2 Å². The van der Waals surface area contributed by atoms with Gasteiger partial charge in [-0.05, 0) is 10.4 Å². The highest BCUT2D eigenvalue weighted by Crippen LogP contribution is 2.15. The molecule has 0 spiro atoms. The van der Waals surface area contributed by atoms with Crippen molar-refractivity contribution in [2.45, 2.75) is 11.6 Å². The van der Waals surface area contributed by atoms with E-state index in [2.05, 4.69) is 25.8 Å². The Hall–Kier alpha value is -1.48. The lowest BCUT2D eigenvalue weighted by Gasteiger charge is -2.00. The molecule has 0 aromatic carbocycles. The summed E-state index contributed by atoms with van der Waals surface area (Å²) in [5.74, 6) is 0.577. The van der Waals surface area contributed by atoms with Gasteiger partial charge in [0.25, 0.3) is 0 Å². The second-order valence-corrected chi connectivity index (χ2v) is 5.03. The van der Waals surface area contributed by atoms with E-state index in [1.807, 2.05) is 5.38 Å². The van der Waals surface area contributed by atoms with Gasteiger partial charge in [-0.3, -0.25) is 4.79 Å². The third-order valence-electron chi connectivity index (χ3n) is 1.82. The number of tetrazole rings is 1. The number of thioether (sulfide) groups is 1. The minimum absolute atomic E-state index is 0.0532. The number of nitrogens with zero attached hydrogens (tertiary/aromatic N) is 5. The smallest absolute Gasteiger partial charge is 0.226 e. The Morgan fingerprint density at radius 2 is 2.53 bits per heavy atom. The van der Waals surface area contributed by atoms with E-state index in [9.17, 15) is 4.79 Å². The van der Waals surface area contributed by atoms with Crippen LogP contribution < -0.4 is 5.32 Å². The summed E-state index contributed by atoms with van der Waals surface area (Å²) >= 11 is 2.84. The first-order valence-corrected chi connectivity index (χ1v) is 6.67. The predicted octanol–water partition coefficient (Wildman–Crippen LogP) is 0.787. The minimum atomic E-state index is -0.0532. The highest BCUT2D eigenvalue weighted by atomic mass is 32.2. The number of nitrogens with one attached hydrogen (secondary N) is 1. The van der Waals surface area contributed by atoms with Gasteiger partial charge in [0.05, 0.1) is 0 Å². The lowest BCUT2D eigenvalue weighted by molar-refractivity contribution is -0.115. The first-order valence-electron chi connectivity index (χ1n) is 4.80. The molecule has 0 atom stereocenters. The maximum Gasteiger partial charge on any atom is 0.226 e. The van der Waals surface area contributed by atoms with Crippen molar-refractivity contribution in [2.75, 3.05) is 11.1 Å². The number of amides is 1. The van der Waals surface area contributed by atoms with E-state index in [4.69, 9.17) is 0 Å². The van der Waals surface area contributed by atoms with E-state index in [0.717, 1.165) is 0 Å². The van der Waals surface area contributed by atoms with E-state index in [-0.39, 0.29) is 5.91 Å². The van der Waals surface area contributed by atoms with Gasteiger partial charge in [-0.2, -0.15) is 0 Å². The standard InChI is InChI=1S/C8H10N6OS2/c1-14-8(11-12-13-14)17-4-2-6(15)10-7-9-3-5-16-7/h3,5H,2,4H2,1H3,(H,9,10,15).